The van der Waals surface area contributed by atoms with Crippen molar-refractivity contribution in [3.05, 3.63) is 57.8 Å². The minimum atomic E-state index is -0.326. The van der Waals surface area contributed by atoms with Crippen LogP contribution in [0.4, 0.5) is 0 Å². The number of thiophene rings is 1. The first-order chi connectivity index (χ1) is 12.1. The van der Waals surface area contributed by atoms with Crippen molar-refractivity contribution in [2.45, 2.75) is 26.3 Å². The van der Waals surface area contributed by atoms with Crippen LogP contribution in [0.1, 0.15) is 41.3 Å². The van der Waals surface area contributed by atoms with Gasteiger partial charge in [0.2, 0.25) is 0 Å². The fourth-order valence-electron chi connectivity index (χ4n) is 2.30. The molecule has 0 aliphatic carbocycles. The lowest BCUT2D eigenvalue weighted by atomic mass is 10.1. The zero-order valence-corrected chi connectivity index (χ0v) is 18.5. The molecule has 1 atom stereocenters. The summed E-state index contributed by atoms with van der Waals surface area (Å²) in [6.45, 7) is 6.42. The number of nitrogens with zero attached hydrogens (tertiary/aromatic N) is 1. The number of benzene rings is 1. The number of hydrogen-bond donors (Lipinski definition) is 2. The SMILES string of the molecule is CCNC(=NCc1ccc(C(=O)OC)cc1)NCC(C)c1ccsc1.I. The first-order valence-electron chi connectivity index (χ1n) is 8.35. The second-order valence-corrected chi connectivity index (χ2v) is 6.50. The Morgan fingerprint density at radius 2 is 1.96 bits per heavy atom. The molecule has 1 aromatic heterocycles. The molecule has 1 unspecified atom stereocenters. The van der Waals surface area contributed by atoms with Crippen molar-refractivity contribution in [1.82, 2.24) is 10.6 Å². The van der Waals surface area contributed by atoms with E-state index in [1.807, 2.05) is 19.1 Å². The van der Waals surface area contributed by atoms with Gasteiger partial charge < -0.3 is 15.4 Å². The number of hydrogen-bond acceptors (Lipinski definition) is 4. The number of methoxy groups -OCH3 is 1. The standard InChI is InChI=1S/C19H25N3O2S.HI/c1-4-20-19(21-11-14(2)17-9-10-25-13-17)22-12-15-5-7-16(8-6-15)18(23)24-3;/h5-10,13-14H,4,11-12H2,1-3H3,(H2,20,21,22);1H. The van der Waals surface area contributed by atoms with Crippen LogP contribution in [0.2, 0.25) is 0 Å². The van der Waals surface area contributed by atoms with Gasteiger partial charge in [-0.25, -0.2) is 9.79 Å². The molecule has 5 nitrogen and oxygen atoms in total. The number of carbonyl (C=O) groups is 1. The molecule has 0 bridgehead atoms. The zero-order chi connectivity index (χ0) is 18.1. The number of aliphatic imine (C=N–C) groups is 1. The molecule has 0 amide bonds. The van der Waals surface area contributed by atoms with Crippen molar-refractivity contribution >= 4 is 47.2 Å². The minimum absolute atomic E-state index is 0. The third kappa shape index (κ3) is 6.95. The van der Waals surface area contributed by atoms with Gasteiger partial charge in [0.1, 0.15) is 0 Å². The van der Waals surface area contributed by atoms with Crippen LogP contribution in [0.5, 0.6) is 0 Å². The molecule has 26 heavy (non-hydrogen) atoms. The van der Waals surface area contributed by atoms with E-state index in [4.69, 9.17) is 4.74 Å². The van der Waals surface area contributed by atoms with E-state index in [1.54, 1.807) is 23.5 Å². The lowest BCUT2D eigenvalue weighted by Gasteiger charge is -2.15. The number of carbonyl (C=O) groups excluding carboxylic acids is 1. The summed E-state index contributed by atoms with van der Waals surface area (Å²) < 4.78 is 4.71. The van der Waals surface area contributed by atoms with E-state index in [0.29, 0.717) is 18.0 Å². The summed E-state index contributed by atoms with van der Waals surface area (Å²) in [4.78, 5) is 16.1. The van der Waals surface area contributed by atoms with E-state index >= 15 is 0 Å². The summed E-state index contributed by atoms with van der Waals surface area (Å²) in [5.41, 5.74) is 2.92. The van der Waals surface area contributed by atoms with Crippen molar-refractivity contribution in [3.8, 4) is 0 Å². The summed E-state index contributed by atoms with van der Waals surface area (Å²) in [5.74, 6) is 0.892. The predicted octanol–water partition coefficient (Wildman–Crippen LogP) is 4.01. The van der Waals surface area contributed by atoms with Crippen LogP contribution in [0.15, 0.2) is 46.1 Å². The first-order valence-corrected chi connectivity index (χ1v) is 9.29. The van der Waals surface area contributed by atoms with E-state index in [-0.39, 0.29) is 29.9 Å². The van der Waals surface area contributed by atoms with Crippen molar-refractivity contribution < 1.29 is 9.53 Å². The molecule has 2 rings (SSSR count). The molecule has 0 aliphatic heterocycles. The maximum atomic E-state index is 11.5. The lowest BCUT2D eigenvalue weighted by molar-refractivity contribution is 0.0600. The van der Waals surface area contributed by atoms with Gasteiger partial charge in [-0.05, 0) is 52.9 Å². The number of nitrogens with one attached hydrogen (secondary N) is 2. The lowest BCUT2D eigenvalue weighted by Crippen LogP contribution is -2.39. The van der Waals surface area contributed by atoms with Gasteiger partial charge in [0.15, 0.2) is 5.96 Å². The Balaban J connectivity index is 0.00000338. The number of ether oxygens (including phenoxy) is 1. The highest BCUT2D eigenvalue weighted by Gasteiger charge is 2.07. The molecule has 2 N–H and O–H groups in total. The van der Waals surface area contributed by atoms with Crippen LogP contribution in [-0.4, -0.2) is 32.1 Å². The molecule has 0 saturated carbocycles. The molecule has 0 spiro atoms. The van der Waals surface area contributed by atoms with Crippen molar-refractivity contribution in [1.29, 1.82) is 0 Å². The maximum absolute atomic E-state index is 11.5. The molecule has 142 valence electrons. The molecule has 0 fully saturated rings. The van der Waals surface area contributed by atoms with Crippen LogP contribution in [-0.2, 0) is 11.3 Å². The van der Waals surface area contributed by atoms with Crippen LogP contribution in [0, 0.1) is 0 Å². The molecule has 2 aromatic rings. The number of esters is 1. The molecule has 0 radical (unpaired) electrons. The first kappa shape index (κ1) is 22.4. The number of guanidine groups is 1. The fourth-order valence-corrected chi connectivity index (χ4v) is 3.08. The average Bonchev–Trinajstić information content (AvgIpc) is 3.18. The highest BCUT2D eigenvalue weighted by molar-refractivity contribution is 14.0. The minimum Gasteiger partial charge on any atom is -0.465 e. The Kier molecular flexibility index (Phi) is 10.3. The van der Waals surface area contributed by atoms with Gasteiger partial charge in [0, 0.05) is 13.1 Å². The molecular formula is C19H26IN3O2S. The summed E-state index contributed by atoms with van der Waals surface area (Å²) in [7, 11) is 1.38. The average molecular weight is 487 g/mol. The Bertz CT molecular complexity index is 687. The zero-order valence-electron chi connectivity index (χ0n) is 15.3. The smallest absolute Gasteiger partial charge is 0.337 e. The second kappa shape index (κ2) is 11.9. The van der Waals surface area contributed by atoms with E-state index in [9.17, 15) is 4.79 Å². The van der Waals surface area contributed by atoms with Crippen LogP contribution in [0.3, 0.4) is 0 Å². The van der Waals surface area contributed by atoms with Gasteiger partial charge in [0.25, 0.3) is 0 Å². The van der Waals surface area contributed by atoms with Gasteiger partial charge in [-0.3, -0.25) is 0 Å². The van der Waals surface area contributed by atoms with Crippen LogP contribution >= 0.6 is 35.3 Å². The Labute approximate surface area is 176 Å². The van der Waals surface area contributed by atoms with Gasteiger partial charge >= 0.3 is 5.97 Å². The number of halogens is 1. The molecule has 0 saturated heterocycles. The van der Waals surface area contributed by atoms with Crippen LogP contribution < -0.4 is 10.6 Å². The third-order valence-electron chi connectivity index (χ3n) is 3.83. The van der Waals surface area contributed by atoms with Crippen molar-refractivity contribution in [2.24, 2.45) is 4.99 Å². The van der Waals surface area contributed by atoms with Gasteiger partial charge in [0.05, 0.1) is 19.2 Å². The van der Waals surface area contributed by atoms with E-state index in [2.05, 4.69) is 39.4 Å². The van der Waals surface area contributed by atoms with Crippen molar-refractivity contribution in [3.63, 3.8) is 0 Å². The third-order valence-corrected chi connectivity index (χ3v) is 4.53. The van der Waals surface area contributed by atoms with Crippen LogP contribution in [0.25, 0.3) is 0 Å². The fraction of sp³-hybridized carbons (Fsp3) is 0.368. The van der Waals surface area contributed by atoms with E-state index in [1.165, 1.54) is 12.7 Å². The van der Waals surface area contributed by atoms with Gasteiger partial charge in [-0.15, -0.1) is 24.0 Å². The summed E-state index contributed by atoms with van der Waals surface area (Å²) in [6, 6.07) is 9.47. The predicted molar refractivity (Wildman–Crippen MR) is 119 cm³/mol. The topological polar surface area (TPSA) is 62.7 Å². The summed E-state index contributed by atoms with van der Waals surface area (Å²) in [5, 5.41) is 10.9. The van der Waals surface area contributed by atoms with Gasteiger partial charge in [-0.2, -0.15) is 11.3 Å². The molecule has 1 aromatic carbocycles. The summed E-state index contributed by atoms with van der Waals surface area (Å²) >= 11 is 1.72. The van der Waals surface area contributed by atoms with E-state index in [0.717, 1.165) is 24.6 Å². The maximum Gasteiger partial charge on any atom is 0.337 e. The Hall–Kier alpha value is -1.61. The highest BCUT2D eigenvalue weighted by Crippen LogP contribution is 2.17. The largest absolute Gasteiger partial charge is 0.465 e. The quantitative estimate of drug-likeness (QED) is 0.268. The second-order valence-electron chi connectivity index (χ2n) is 5.72. The van der Waals surface area contributed by atoms with Crippen molar-refractivity contribution in [2.75, 3.05) is 20.2 Å². The molecule has 1 heterocycles. The number of rotatable bonds is 7. The van der Waals surface area contributed by atoms with Gasteiger partial charge in [-0.1, -0.05) is 19.1 Å². The molecule has 7 heteroatoms. The summed E-state index contributed by atoms with van der Waals surface area (Å²) in [6.07, 6.45) is 0. The molecular weight excluding hydrogens is 461 g/mol. The van der Waals surface area contributed by atoms with E-state index < -0.39 is 0 Å². The normalized spacial score (nSPS) is 12.0. The highest BCUT2D eigenvalue weighted by atomic mass is 127. The molecule has 0 aliphatic rings. The Morgan fingerprint density at radius 3 is 2.54 bits per heavy atom. The Morgan fingerprint density at radius 1 is 1.23 bits per heavy atom. The monoisotopic (exact) mass is 487 g/mol.